The molecule has 2 aromatic rings. The Kier molecular flexibility index (Phi) is 8.12. The van der Waals surface area contributed by atoms with Gasteiger partial charge in [0, 0.05) is 13.1 Å². The zero-order valence-corrected chi connectivity index (χ0v) is 20.5. The van der Waals surface area contributed by atoms with Crippen LogP contribution < -0.4 is 0 Å². The number of rotatable bonds is 8. The summed E-state index contributed by atoms with van der Waals surface area (Å²) in [5.41, 5.74) is 3.79. The maximum atomic E-state index is 13.8. The summed E-state index contributed by atoms with van der Waals surface area (Å²) in [4.78, 5) is 12.5. The molecule has 0 aromatic heterocycles. The van der Waals surface area contributed by atoms with E-state index in [0.717, 1.165) is 47.9 Å². The maximum absolute atomic E-state index is 13.8. The Balaban J connectivity index is 1.84. The molecular formula is C26H35NO4S. The normalized spacial score (nSPS) is 19.2. The van der Waals surface area contributed by atoms with Crippen molar-refractivity contribution < 1.29 is 17.9 Å². The van der Waals surface area contributed by atoms with Gasteiger partial charge in [0.1, 0.15) is 0 Å². The number of sulfonamides is 1. The van der Waals surface area contributed by atoms with E-state index in [0.29, 0.717) is 24.6 Å². The molecule has 0 heterocycles. The Bertz CT molecular complexity index is 1040. The van der Waals surface area contributed by atoms with E-state index in [1.165, 1.54) is 0 Å². The molecule has 0 bridgehead atoms. The third-order valence-electron chi connectivity index (χ3n) is 6.50. The third kappa shape index (κ3) is 5.78. The fraction of sp³-hybridized carbons (Fsp3) is 0.500. The number of benzene rings is 2. The largest absolute Gasteiger partial charge is 0.466 e. The predicted molar refractivity (Wildman–Crippen MR) is 127 cm³/mol. The minimum atomic E-state index is -3.67. The first-order valence-electron chi connectivity index (χ1n) is 11.5. The summed E-state index contributed by atoms with van der Waals surface area (Å²) in [5.74, 6) is 0.0435. The first-order valence-corrected chi connectivity index (χ1v) is 12.9. The van der Waals surface area contributed by atoms with Crippen molar-refractivity contribution in [2.24, 2.45) is 11.8 Å². The average molecular weight is 458 g/mol. The zero-order valence-electron chi connectivity index (χ0n) is 19.6. The Labute approximate surface area is 192 Å². The van der Waals surface area contributed by atoms with Gasteiger partial charge in [0.25, 0.3) is 0 Å². The highest BCUT2D eigenvalue weighted by atomic mass is 32.2. The van der Waals surface area contributed by atoms with Gasteiger partial charge in [0.05, 0.1) is 17.4 Å². The van der Waals surface area contributed by atoms with E-state index in [-0.39, 0.29) is 17.8 Å². The number of carbonyl (C=O) groups is 1. The number of esters is 1. The summed E-state index contributed by atoms with van der Waals surface area (Å²) >= 11 is 0. The molecular weight excluding hydrogens is 422 g/mol. The first-order chi connectivity index (χ1) is 15.2. The van der Waals surface area contributed by atoms with Crippen molar-refractivity contribution in [3.05, 3.63) is 64.7 Å². The highest BCUT2D eigenvalue weighted by molar-refractivity contribution is 7.89. The topological polar surface area (TPSA) is 63.7 Å². The van der Waals surface area contributed by atoms with Gasteiger partial charge in [0.15, 0.2) is 0 Å². The Hall–Kier alpha value is -2.18. The van der Waals surface area contributed by atoms with E-state index in [9.17, 15) is 13.2 Å². The molecule has 32 heavy (non-hydrogen) atoms. The molecule has 2 aromatic carbocycles. The molecule has 0 spiro atoms. The molecule has 6 heteroatoms. The van der Waals surface area contributed by atoms with Crippen molar-refractivity contribution in [3.8, 4) is 0 Å². The lowest BCUT2D eigenvalue weighted by molar-refractivity contribution is -0.149. The average Bonchev–Trinajstić information content (AvgIpc) is 2.77. The van der Waals surface area contributed by atoms with Gasteiger partial charge in [-0.15, -0.1) is 0 Å². The lowest BCUT2D eigenvalue weighted by Crippen LogP contribution is -2.37. The predicted octanol–water partition coefficient (Wildman–Crippen LogP) is 5.17. The monoisotopic (exact) mass is 457 g/mol. The van der Waals surface area contributed by atoms with Gasteiger partial charge in [0.2, 0.25) is 10.0 Å². The molecule has 0 N–H and O–H groups in total. The molecule has 0 amide bonds. The van der Waals surface area contributed by atoms with E-state index in [1.807, 2.05) is 64.1 Å². The van der Waals surface area contributed by atoms with Gasteiger partial charge in [-0.05, 0) is 87.6 Å². The first kappa shape index (κ1) is 24.5. The van der Waals surface area contributed by atoms with Crippen LogP contribution in [0.2, 0.25) is 0 Å². The molecule has 5 nitrogen and oxygen atoms in total. The summed E-state index contributed by atoms with van der Waals surface area (Å²) in [7, 11) is -3.67. The molecule has 1 saturated carbocycles. The number of carbonyl (C=O) groups excluding carboxylic acids is 1. The van der Waals surface area contributed by atoms with Crippen LogP contribution >= 0.6 is 0 Å². The van der Waals surface area contributed by atoms with Crippen LogP contribution in [-0.4, -0.2) is 31.8 Å². The van der Waals surface area contributed by atoms with Gasteiger partial charge >= 0.3 is 5.97 Å². The number of hydrogen-bond acceptors (Lipinski definition) is 4. The Morgan fingerprint density at radius 2 is 1.69 bits per heavy atom. The SMILES string of the molecule is CCOC(=O)C1CCC(CN(Cc2ccccc2C)S(=O)(=O)c2cc(C)ccc2C)CC1. The van der Waals surface area contributed by atoms with Crippen molar-refractivity contribution in [2.45, 2.75) is 64.8 Å². The summed E-state index contributed by atoms with van der Waals surface area (Å²) in [6.45, 7) is 8.81. The van der Waals surface area contributed by atoms with Crippen LogP contribution in [0.3, 0.4) is 0 Å². The van der Waals surface area contributed by atoms with Crippen molar-refractivity contribution in [2.75, 3.05) is 13.2 Å². The third-order valence-corrected chi connectivity index (χ3v) is 8.45. The minimum absolute atomic E-state index is 0.0633. The van der Waals surface area contributed by atoms with Crippen LogP contribution in [0.1, 0.15) is 54.9 Å². The molecule has 3 rings (SSSR count). The summed E-state index contributed by atoms with van der Waals surface area (Å²) in [6, 6.07) is 13.5. The van der Waals surface area contributed by atoms with Crippen molar-refractivity contribution in [3.63, 3.8) is 0 Å². The van der Waals surface area contributed by atoms with Crippen LogP contribution in [0.4, 0.5) is 0 Å². The smallest absolute Gasteiger partial charge is 0.308 e. The summed E-state index contributed by atoms with van der Waals surface area (Å²) < 4.78 is 34.4. The minimum Gasteiger partial charge on any atom is -0.466 e. The lowest BCUT2D eigenvalue weighted by Gasteiger charge is -2.32. The van der Waals surface area contributed by atoms with Crippen LogP contribution in [-0.2, 0) is 26.1 Å². The number of aryl methyl sites for hydroxylation is 3. The number of hydrogen-bond donors (Lipinski definition) is 0. The fourth-order valence-corrected chi connectivity index (χ4v) is 6.28. The standard InChI is InChI=1S/C26H35NO4S/c1-5-31-26(28)23-14-12-22(13-15-23)17-27(18-24-9-7-6-8-20(24)3)32(29,30)25-16-19(2)10-11-21(25)4/h6-11,16,22-23H,5,12-15,17-18H2,1-4H3. The molecule has 0 saturated heterocycles. The fourth-order valence-electron chi connectivity index (χ4n) is 4.48. The summed E-state index contributed by atoms with van der Waals surface area (Å²) in [6.07, 6.45) is 3.17. The number of ether oxygens (including phenoxy) is 1. The molecule has 1 aliphatic carbocycles. The molecule has 0 unspecified atom stereocenters. The molecule has 0 aliphatic heterocycles. The molecule has 174 valence electrons. The maximum Gasteiger partial charge on any atom is 0.308 e. The van der Waals surface area contributed by atoms with Crippen molar-refractivity contribution in [1.82, 2.24) is 4.31 Å². The van der Waals surface area contributed by atoms with Gasteiger partial charge in [-0.2, -0.15) is 4.31 Å². The second kappa shape index (κ2) is 10.6. The second-order valence-electron chi connectivity index (χ2n) is 8.96. The lowest BCUT2D eigenvalue weighted by atomic mass is 9.82. The van der Waals surface area contributed by atoms with E-state index >= 15 is 0 Å². The van der Waals surface area contributed by atoms with Crippen molar-refractivity contribution >= 4 is 16.0 Å². The highest BCUT2D eigenvalue weighted by Gasteiger charge is 2.33. The summed E-state index contributed by atoms with van der Waals surface area (Å²) in [5, 5.41) is 0. The van der Waals surface area contributed by atoms with E-state index < -0.39 is 10.0 Å². The van der Waals surface area contributed by atoms with Crippen LogP contribution in [0, 0.1) is 32.6 Å². The van der Waals surface area contributed by atoms with Gasteiger partial charge in [-0.1, -0.05) is 36.4 Å². The van der Waals surface area contributed by atoms with Crippen LogP contribution in [0.15, 0.2) is 47.4 Å². The van der Waals surface area contributed by atoms with Crippen LogP contribution in [0.25, 0.3) is 0 Å². The zero-order chi connectivity index (χ0) is 23.3. The highest BCUT2D eigenvalue weighted by Crippen LogP contribution is 2.32. The van der Waals surface area contributed by atoms with Crippen LogP contribution in [0.5, 0.6) is 0 Å². The van der Waals surface area contributed by atoms with E-state index in [4.69, 9.17) is 4.74 Å². The molecule has 1 aliphatic rings. The van der Waals surface area contributed by atoms with Crippen molar-refractivity contribution in [1.29, 1.82) is 0 Å². The second-order valence-corrected chi connectivity index (χ2v) is 10.9. The van der Waals surface area contributed by atoms with Gasteiger partial charge in [-0.25, -0.2) is 8.42 Å². The molecule has 0 atom stereocenters. The molecule has 1 fully saturated rings. The van der Waals surface area contributed by atoms with Gasteiger partial charge in [-0.3, -0.25) is 4.79 Å². The Morgan fingerprint density at radius 1 is 1.00 bits per heavy atom. The molecule has 0 radical (unpaired) electrons. The Morgan fingerprint density at radius 3 is 2.34 bits per heavy atom. The van der Waals surface area contributed by atoms with E-state index in [1.54, 1.807) is 10.4 Å². The number of nitrogens with zero attached hydrogens (tertiary/aromatic N) is 1. The quantitative estimate of drug-likeness (QED) is 0.513. The van der Waals surface area contributed by atoms with E-state index in [2.05, 4.69) is 0 Å². The van der Waals surface area contributed by atoms with Gasteiger partial charge < -0.3 is 4.74 Å².